The average molecular weight is 362 g/mol. The molecule has 0 aliphatic carbocycles. The van der Waals surface area contributed by atoms with Crippen molar-refractivity contribution in [3.8, 4) is 0 Å². The zero-order chi connectivity index (χ0) is 17.8. The lowest BCUT2D eigenvalue weighted by molar-refractivity contribution is -0.133. The van der Waals surface area contributed by atoms with Gasteiger partial charge >= 0.3 is 0 Å². The van der Waals surface area contributed by atoms with Crippen LogP contribution in [-0.4, -0.2) is 76.3 Å². The van der Waals surface area contributed by atoms with Gasteiger partial charge in [0, 0.05) is 26.2 Å². The van der Waals surface area contributed by atoms with Crippen molar-refractivity contribution < 1.29 is 18.0 Å². The zero-order valence-electron chi connectivity index (χ0n) is 13.7. The molecule has 8 nitrogen and oxygen atoms in total. The van der Waals surface area contributed by atoms with E-state index in [1.807, 2.05) is 12.1 Å². The molecule has 2 atom stereocenters. The van der Waals surface area contributed by atoms with Crippen molar-refractivity contribution in [3.05, 3.63) is 36.2 Å². The van der Waals surface area contributed by atoms with Crippen molar-refractivity contribution in [1.82, 2.24) is 19.4 Å². The lowest BCUT2D eigenvalue weighted by Gasteiger charge is -2.43. The van der Waals surface area contributed by atoms with Gasteiger partial charge in [-0.25, -0.2) is 12.9 Å². The van der Waals surface area contributed by atoms with Gasteiger partial charge in [0.1, 0.15) is 0 Å². The lowest BCUT2D eigenvalue weighted by atomic mass is 10.0. The molecule has 2 fully saturated rings. The lowest BCUT2D eigenvalue weighted by Crippen LogP contribution is -2.61. The van der Waals surface area contributed by atoms with E-state index >= 15 is 0 Å². The molecule has 0 spiro atoms. The molecule has 2 aliphatic rings. The number of piperazine rings is 1. The standard InChI is InChI=1S/C16H18N4O4S/c1-11(21)18-6-7-19(15-10-25(23,24)9-14(15)18)16(22)12-8-17-20-5-3-2-4-13(12)20/h2-5,8,14-15H,6-7,9-10H2,1H3/t14-,15+/m1/s1. The summed E-state index contributed by atoms with van der Waals surface area (Å²) in [5, 5.41) is 4.18. The monoisotopic (exact) mass is 362 g/mol. The van der Waals surface area contributed by atoms with Gasteiger partial charge in [0.05, 0.1) is 40.9 Å². The van der Waals surface area contributed by atoms with Crippen LogP contribution in [0.2, 0.25) is 0 Å². The van der Waals surface area contributed by atoms with Crippen molar-refractivity contribution in [3.63, 3.8) is 0 Å². The minimum Gasteiger partial charge on any atom is -0.335 e. The highest BCUT2D eigenvalue weighted by Crippen LogP contribution is 2.29. The Hall–Kier alpha value is -2.42. The van der Waals surface area contributed by atoms with E-state index in [1.54, 1.807) is 26.6 Å². The van der Waals surface area contributed by atoms with E-state index < -0.39 is 21.9 Å². The summed E-state index contributed by atoms with van der Waals surface area (Å²) >= 11 is 0. The van der Waals surface area contributed by atoms with Crippen LogP contribution < -0.4 is 0 Å². The van der Waals surface area contributed by atoms with Crippen LogP contribution in [0, 0.1) is 0 Å². The third kappa shape index (κ3) is 2.58. The maximum absolute atomic E-state index is 13.1. The Balaban J connectivity index is 1.70. The largest absolute Gasteiger partial charge is 0.335 e. The highest BCUT2D eigenvalue weighted by molar-refractivity contribution is 7.91. The van der Waals surface area contributed by atoms with E-state index in [2.05, 4.69) is 5.10 Å². The number of carbonyl (C=O) groups excluding carboxylic acids is 2. The maximum Gasteiger partial charge on any atom is 0.258 e. The Morgan fingerprint density at radius 1 is 1.12 bits per heavy atom. The zero-order valence-corrected chi connectivity index (χ0v) is 14.5. The Morgan fingerprint density at radius 2 is 1.80 bits per heavy atom. The fourth-order valence-corrected chi connectivity index (χ4v) is 5.83. The van der Waals surface area contributed by atoms with Gasteiger partial charge < -0.3 is 9.80 Å². The minimum atomic E-state index is -3.28. The summed E-state index contributed by atoms with van der Waals surface area (Å²) in [4.78, 5) is 28.1. The third-order valence-corrected chi connectivity index (χ3v) is 6.70. The molecule has 2 saturated heterocycles. The molecule has 0 saturated carbocycles. The number of pyridine rings is 1. The summed E-state index contributed by atoms with van der Waals surface area (Å²) in [6.45, 7) is 2.10. The van der Waals surface area contributed by atoms with Crippen LogP contribution in [0.15, 0.2) is 30.6 Å². The van der Waals surface area contributed by atoms with Gasteiger partial charge in [-0.15, -0.1) is 0 Å². The summed E-state index contributed by atoms with van der Waals surface area (Å²) in [5.74, 6) is -0.589. The number of sulfone groups is 1. The van der Waals surface area contributed by atoms with Crippen molar-refractivity contribution in [1.29, 1.82) is 0 Å². The Labute approximate surface area is 144 Å². The fraction of sp³-hybridized carbons (Fsp3) is 0.438. The molecule has 4 rings (SSSR count). The van der Waals surface area contributed by atoms with E-state index in [0.717, 1.165) is 0 Å². The molecule has 132 valence electrons. The molecule has 2 amide bonds. The first-order valence-corrected chi connectivity index (χ1v) is 9.90. The smallest absolute Gasteiger partial charge is 0.258 e. The molecule has 2 aromatic heterocycles. The Morgan fingerprint density at radius 3 is 2.52 bits per heavy atom. The normalized spacial score (nSPS) is 25.2. The number of hydrogen-bond acceptors (Lipinski definition) is 5. The van der Waals surface area contributed by atoms with Gasteiger partial charge in [-0.2, -0.15) is 5.10 Å². The predicted molar refractivity (Wildman–Crippen MR) is 89.8 cm³/mol. The van der Waals surface area contributed by atoms with E-state index in [4.69, 9.17) is 0 Å². The second-order valence-electron chi connectivity index (χ2n) is 6.51. The van der Waals surface area contributed by atoms with Crippen LogP contribution in [0.1, 0.15) is 17.3 Å². The molecule has 4 heterocycles. The number of nitrogens with zero attached hydrogens (tertiary/aromatic N) is 4. The van der Waals surface area contributed by atoms with Crippen molar-refractivity contribution >= 4 is 27.2 Å². The van der Waals surface area contributed by atoms with Crippen molar-refractivity contribution in [2.24, 2.45) is 0 Å². The van der Waals surface area contributed by atoms with Crippen molar-refractivity contribution in [2.45, 2.75) is 19.0 Å². The molecule has 2 aliphatic heterocycles. The topological polar surface area (TPSA) is 92.1 Å². The Kier molecular flexibility index (Phi) is 3.57. The number of fused-ring (bicyclic) bond motifs is 2. The second-order valence-corrected chi connectivity index (χ2v) is 8.67. The van der Waals surface area contributed by atoms with E-state index in [-0.39, 0.29) is 23.3 Å². The third-order valence-electron chi connectivity index (χ3n) is 5.00. The van der Waals surface area contributed by atoms with Crippen LogP contribution in [0.25, 0.3) is 5.52 Å². The molecular weight excluding hydrogens is 344 g/mol. The van der Waals surface area contributed by atoms with Gasteiger partial charge in [-0.3, -0.25) is 9.59 Å². The van der Waals surface area contributed by atoms with Gasteiger partial charge in [-0.1, -0.05) is 6.07 Å². The van der Waals surface area contributed by atoms with Gasteiger partial charge in [-0.05, 0) is 12.1 Å². The number of rotatable bonds is 1. The second kappa shape index (κ2) is 5.55. The summed E-state index contributed by atoms with van der Waals surface area (Å²) < 4.78 is 25.9. The molecule has 0 unspecified atom stereocenters. The average Bonchev–Trinajstić information content (AvgIpc) is 3.12. The maximum atomic E-state index is 13.1. The molecule has 0 bridgehead atoms. The summed E-state index contributed by atoms with van der Waals surface area (Å²) in [6, 6.07) is 4.47. The summed E-state index contributed by atoms with van der Waals surface area (Å²) in [5.41, 5.74) is 1.12. The van der Waals surface area contributed by atoms with Crippen LogP contribution >= 0.6 is 0 Å². The molecule has 0 N–H and O–H groups in total. The number of hydrogen-bond donors (Lipinski definition) is 0. The van der Waals surface area contributed by atoms with E-state index in [1.165, 1.54) is 13.1 Å². The van der Waals surface area contributed by atoms with Gasteiger partial charge in [0.15, 0.2) is 9.84 Å². The quantitative estimate of drug-likeness (QED) is 0.701. The molecule has 0 aromatic carbocycles. The molecule has 25 heavy (non-hydrogen) atoms. The highest BCUT2D eigenvalue weighted by Gasteiger charge is 2.49. The molecular formula is C16H18N4O4S. The summed E-state index contributed by atoms with van der Waals surface area (Å²) in [7, 11) is -3.28. The van der Waals surface area contributed by atoms with Gasteiger partial charge in [0.25, 0.3) is 5.91 Å². The van der Waals surface area contributed by atoms with Crippen LogP contribution in [0.3, 0.4) is 0 Å². The first kappa shape index (κ1) is 16.1. The number of amides is 2. The molecule has 0 radical (unpaired) electrons. The van der Waals surface area contributed by atoms with Crippen LogP contribution in [0.4, 0.5) is 0 Å². The molecule has 9 heteroatoms. The van der Waals surface area contributed by atoms with Gasteiger partial charge in [0.2, 0.25) is 5.91 Å². The van der Waals surface area contributed by atoms with Crippen LogP contribution in [0.5, 0.6) is 0 Å². The number of aromatic nitrogens is 2. The van der Waals surface area contributed by atoms with E-state index in [0.29, 0.717) is 24.2 Å². The first-order valence-electron chi connectivity index (χ1n) is 8.08. The van der Waals surface area contributed by atoms with E-state index in [9.17, 15) is 18.0 Å². The van der Waals surface area contributed by atoms with Crippen molar-refractivity contribution in [2.75, 3.05) is 24.6 Å². The number of carbonyl (C=O) groups is 2. The summed E-state index contributed by atoms with van der Waals surface area (Å²) in [6.07, 6.45) is 3.26. The first-order chi connectivity index (χ1) is 11.9. The Bertz CT molecular complexity index is 967. The molecule has 2 aromatic rings. The highest BCUT2D eigenvalue weighted by atomic mass is 32.2. The fourth-order valence-electron chi connectivity index (χ4n) is 3.85. The van der Waals surface area contributed by atoms with Crippen LogP contribution in [-0.2, 0) is 14.6 Å². The SMILES string of the molecule is CC(=O)N1CCN(C(=O)c2cnn3ccccc23)[C@H]2CS(=O)(=O)C[C@H]21. The minimum absolute atomic E-state index is 0.0875. The predicted octanol–water partition coefficient (Wildman–Crippen LogP) is -0.196.